The molecule has 28 heavy (non-hydrogen) atoms. The van der Waals surface area contributed by atoms with Gasteiger partial charge in [0.25, 0.3) is 0 Å². The van der Waals surface area contributed by atoms with Crippen molar-refractivity contribution in [2.45, 2.75) is 0 Å². The predicted octanol–water partition coefficient (Wildman–Crippen LogP) is 5.87. The number of aromatic nitrogens is 1. The van der Waals surface area contributed by atoms with Crippen LogP contribution >= 0.6 is 11.6 Å². The molecule has 0 saturated heterocycles. The fourth-order valence-electron chi connectivity index (χ4n) is 3.30. The maximum absolute atomic E-state index is 12.3. The average Bonchev–Trinajstić information content (AvgIpc) is 3.10. The van der Waals surface area contributed by atoms with Gasteiger partial charge in [0.1, 0.15) is 5.75 Å². The first-order valence-corrected chi connectivity index (χ1v) is 9.02. The Morgan fingerprint density at radius 1 is 0.821 bits per heavy atom. The molecule has 1 heterocycles. The molecule has 0 radical (unpaired) electrons. The number of halogens is 1. The first-order valence-electron chi connectivity index (χ1n) is 8.64. The Kier molecular flexibility index (Phi) is 4.63. The number of carboxylic acid groups (broad SMARTS) is 1. The molecular weight excluding hydrogens is 374 g/mol. The zero-order valence-corrected chi connectivity index (χ0v) is 15.5. The van der Waals surface area contributed by atoms with E-state index >= 15 is 0 Å². The minimum atomic E-state index is -1.06. The third kappa shape index (κ3) is 3.15. The summed E-state index contributed by atoms with van der Waals surface area (Å²) in [7, 11) is 0. The number of phenolic OH excluding ortho intramolecular Hbond substituents is 1. The van der Waals surface area contributed by atoms with Gasteiger partial charge in [0.05, 0.1) is 11.3 Å². The molecule has 0 bridgehead atoms. The van der Waals surface area contributed by atoms with Crippen LogP contribution in [0.3, 0.4) is 0 Å². The Bertz CT molecular complexity index is 1150. The first kappa shape index (κ1) is 17.9. The van der Waals surface area contributed by atoms with E-state index in [-0.39, 0.29) is 11.3 Å². The fourth-order valence-corrected chi connectivity index (χ4v) is 3.43. The van der Waals surface area contributed by atoms with Gasteiger partial charge in [0.15, 0.2) is 0 Å². The quantitative estimate of drug-likeness (QED) is 0.459. The molecule has 0 atom stereocenters. The molecule has 2 N–H and O–H groups in total. The molecule has 4 nitrogen and oxygen atoms in total. The summed E-state index contributed by atoms with van der Waals surface area (Å²) in [4.78, 5) is 12.3. The molecule has 0 amide bonds. The highest BCUT2D eigenvalue weighted by molar-refractivity contribution is 6.30. The maximum Gasteiger partial charge on any atom is 0.338 e. The van der Waals surface area contributed by atoms with Gasteiger partial charge in [-0.25, -0.2) is 4.79 Å². The minimum absolute atomic E-state index is 0.0120. The second kappa shape index (κ2) is 7.25. The molecule has 0 unspecified atom stereocenters. The number of nitrogens with zero attached hydrogens (tertiary/aromatic N) is 1. The van der Waals surface area contributed by atoms with Crippen LogP contribution < -0.4 is 0 Å². The van der Waals surface area contributed by atoms with Crippen molar-refractivity contribution in [1.82, 2.24) is 4.57 Å². The topological polar surface area (TPSA) is 62.5 Å². The van der Waals surface area contributed by atoms with Gasteiger partial charge in [-0.1, -0.05) is 54.1 Å². The van der Waals surface area contributed by atoms with E-state index in [1.807, 2.05) is 42.5 Å². The smallest absolute Gasteiger partial charge is 0.338 e. The van der Waals surface area contributed by atoms with Crippen LogP contribution in [0.15, 0.2) is 85.1 Å². The lowest BCUT2D eigenvalue weighted by Crippen LogP contribution is -2.02. The van der Waals surface area contributed by atoms with Gasteiger partial charge in [-0.2, -0.15) is 0 Å². The standard InChI is InChI=1S/C23H16ClNO3/c24-16-10-12-17(13-11-16)25-14-19(15-6-2-1-3-7-15)21(23(27)28)22(25)18-8-4-5-9-20(18)26/h1-14,26H,(H,27,28). The summed E-state index contributed by atoms with van der Waals surface area (Å²) in [6.07, 6.45) is 1.78. The number of para-hydroxylation sites is 1. The molecule has 0 aliphatic heterocycles. The highest BCUT2D eigenvalue weighted by Crippen LogP contribution is 2.40. The molecule has 3 aromatic carbocycles. The van der Waals surface area contributed by atoms with Crippen molar-refractivity contribution in [2.24, 2.45) is 0 Å². The number of phenols is 1. The van der Waals surface area contributed by atoms with E-state index in [1.54, 1.807) is 47.2 Å². The predicted molar refractivity (Wildman–Crippen MR) is 110 cm³/mol. The van der Waals surface area contributed by atoms with Crippen LogP contribution in [0.2, 0.25) is 5.02 Å². The number of aromatic hydroxyl groups is 1. The lowest BCUT2D eigenvalue weighted by molar-refractivity contribution is 0.0698. The van der Waals surface area contributed by atoms with Crippen molar-refractivity contribution in [3.05, 3.63) is 95.6 Å². The SMILES string of the molecule is O=C(O)c1c(-c2ccccc2)cn(-c2ccc(Cl)cc2)c1-c1ccccc1O. The Hall–Kier alpha value is -3.50. The number of carbonyl (C=O) groups is 1. The molecule has 0 spiro atoms. The second-order valence-corrected chi connectivity index (χ2v) is 6.74. The van der Waals surface area contributed by atoms with Crippen LogP contribution in [-0.4, -0.2) is 20.7 Å². The summed E-state index contributed by atoms with van der Waals surface area (Å²) in [5, 5.41) is 21.1. The molecule has 138 valence electrons. The zero-order chi connectivity index (χ0) is 19.7. The number of carboxylic acids is 1. The highest BCUT2D eigenvalue weighted by atomic mass is 35.5. The summed E-state index contributed by atoms with van der Waals surface area (Å²) in [6.45, 7) is 0. The van der Waals surface area contributed by atoms with Crippen LogP contribution in [0.4, 0.5) is 0 Å². The van der Waals surface area contributed by atoms with Crippen LogP contribution in [0.1, 0.15) is 10.4 Å². The zero-order valence-electron chi connectivity index (χ0n) is 14.7. The average molecular weight is 390 g/mol. The van der Waals surface area contributed by atoms with Crippen molar-refractivity contribution < 1.29 is 15.0 Å². The molecule has 4 aromatic rings. The van der Waals surface area contributed by atoms with Gasteiger partial charge >= 0.3 is 5.97 Å². The van der Waals surface area contributed by atoms with Crippen LogP contribution in [0, 0.1) is 0 Å². The van der Waals surface area contributed by atoms with E-state index in [0.29, 0.717) is 21.8 Å². The Morgan fingerprint density at radius 3 is 2.11 bits per heavy atom. The molecular formula is C23H16ClNO3. The van der Waals surface area contributed by atoms with E-state index in [0.717, 1.165) is 11.3 Å². The number of rotatable bonds is 4. The first-order chi connectivity index (χ1) is 13.6. The molecule has 0 aliphatic carbocycles. The highest BCUT2D eigenvalue weighted by Gasteiger charge is 2.25. The summed E-state index contributed by atoms with van der Waals surface area (Å²) < 4.78 is 1.77. The number of benzene rings is 3. The van der Waals surface area contributed by atoms with Crippen molar-refractivity contribution in [3.63, 3.8) is 0 Å². The van der Waals surface area contributed by atoms with Gasteiger partial charge in [-0.3, -0.25) is 0 Å². The molecule has 0 saturated carbocycles. The van der Waals surface area contributed by atoms with E-state index in [4.69, 9.17) is 11.6 Å². The number of hydrogen-bond donors (Lipinski definition) is 2. The number of aromatic carboxylic acids is 1. The summed E-state index contributed by atoms with van der Waals surface area (Å²) in [5.74, 6) is -1.05. The largest absolute Gasteiger partial charge is 0.507 e. The van der Waals surface area contributed by atoms with E-state index in [1.165, 1.54) is 0 Å². The molecule has 5 heteroatoms. The number of hydrogen-bond acceptors (Lipinski definition) is 2. The van der Waals surface area contributed by atoms with Crippen LogP contribution in [-0.2, 0) is 0 Å². The Morgan fingerprint density at radius 2 is 1.46 bits per heavy atom. The van der Waals surface area contributed by atoms with Gasteiger partial charge < -0.3 is 14.8 Å². The monoisotopic (exact) mass is 389 g/mol. The van der Waals surface area contributed by atoms with Crippen molar-refractivity contribution in [1.29, 1.82) is 0 Å². The third-order valence-corrected chi connectivity index (χ3v) is 4.82. The van der Waals surface area contributed by atoms with Crippen molar-refractivity contribution in [2.75, 3.05) is 0 Å². The minimum Gasteiger partial charge on any atom is -0.507 e. The fraction of sp³-hybridized carbons (Fsp3) is 0. The molecule has 4 rings (SSSR count). The molecule has 1 aromatic heterocycles. The van der Waals surface area contributed by atoms with Crippen LogP contribution in [0.25, 0.3) is 28.1 Å². The third-order valence-electron chi connectivity index (χ3n) is 4.57. The van der Waals surface area contributed by atoms with E-state index in [2.05, 4.69) is 0 Å². The lowest BCUT2D eigenvalue weighted by Gasteiger charge is -2.12. The van der Waals surface area contributed by atoms with Gasteiger partial charge in [-0.05, 0) is 42.0 Å². The normalized spacial score (nSPS) is 10.8. The van der Waals surface area contributed by atoms with Crippen molar-refractivity contribution in [3.8, 4) is 33.8 Å². The lowest BCUT2D eigenvalue weighted by atomic mass is 9.99. The van der Waals surface area contributed by atoms with Gasteiger partial charge in [0, 0.05) is 28.0 Å². The van der Waals surface area contributed by atoms with E-state index < -0.39 is 5.97 Å². The van der Waals surface area contributed by atoms with Crippen LogP contribution in [0.5, 0.6) is 5.75 Å². The summed E-state index contributed by atoms with van der Waals surface area (Å²) in [5.41, 5.74) is 3.07. The van der Waals surface area contributed by atoms with E-state index in [9.17, 15) is 15.0 Å². The van der Waals surface area contributed by atoms with Gasteiger partial charge in [0.2, 0.25) is 0 Å². The van der Waals surface area contributed by atoms with Crippen molar-refractivity contribution >= 4 is 17.6 Å². The summed E-state index contributed by atoms with van der Waals surface area (Å²) in [6, 6.07) is 23.2. The molecule has 0 aliphatic rings. The Labute approximate surface area is 166 Å². The maximum atomic E-state index is 12.3. The summed E-state index contributed by atoms with van der Waals surface area (Å²) >= 11 is 6.02. The molecule has 0 fully saturated rings. The second-order valence-electron chi connectivity index (χ2n) is 6.30. The van der Waals surface area contributed by atoms with Gasteiger partial charge in [-0.15, -0.1) is 0 Å². The Balaban J connectivity index is 2.09.